The average Bonchev–Trinajstić information content (AvgIpc) is 3.47. The van der Waals surface area contributed by atoms with Gasteiger partial charge in [-0.25, -0.2) is 19.7 Å². The number of hydrogen-bond acceptors (Lipinski definition) is 9. The van der Waals surface area contributed by atoms with E-state index in [1.807, 2.05) is 49.4 Å². The van der Waals surface area contributed by atoms with Crippen molar-refractivity contribution in [2.75, 3.05) is 39.3 Å². The molecule has 5 heterocycles. The zero-order chi connectivity index (χ0) is 26.6. The van der Waals surface area contributed by atoms with Crippen molar-refractivity contribution in [1.29, 1.82) is 0 Å². The second-order valence-corrected chi connectivity index (χ2v) is 9.44. The fourth-order valence-electron chi connectivity index (χ4n) is 4.66. The number of fused-ring (bicyclic) bond motifs is 1. The fraction of sp³-hybridized carbons (Fsp3) is 0.241. The molecule has 1 fully saturated rings. The third-order valence-electron chi connectivity index (χ3n) is 6.73. The number of esters is 1. The Morgan fingerprint density at radius 1 is 0.974 bits per heavy atom. The molecule has 1 aliphatic heterocycles. The minimum Gasteiger partial charge on any atom is -0.461 e. The first-order valence-corrected chi connectivity index (χ1v) is 12.9. The van der Waals surface area contributed by atoms with Gasteiger partial charge in [-0.1, -0.05) is 12.1 Å². The number of carbonyl (C=O) groups is 1. The maximum atomic E-state index is 12.4. The summed E-state index contributed by atoms with van der Waals surface area (Å²) in [5.41, 5.74) is 6.32. The number of pyridine rings is 2. The molecule has 10 heteroatoms. The maximum Gasteiger partial charge on any atom is 0.341 e. The van der Waals surface area contributed by atoms with Gasteiger partial charge in [-0.05, 0) is 37.3 Å². The third-order valence-corrected chi connectivity index (χ3v) is 6.73. The van der Waals surface area contributed by atoms with Crippen LogP contribution in [0.15, 0.2) is 67.4 Å². The van der Waals surface area contributed by atoms with E-state index in [9.17, 15) is 4.79 Å². The highest BCUT2D eigenvalue weighted by Gasteiger charge is 2.15. The SMILES string of the molecule is Cc1cccc(-c2[nH]cnc2-c2ccc3ncc(-c4ncc(C(=O)OCCN5CCNCC5)cn4)cc3c2)n1. The maximum absolute atomic E-state index is 12.4. The van der Waals surface area contributed by atoms with E-state index in [-0.39, 0.29) is 0 Å². The van der Waals surface area contributed by atoms with Crippen LogP contribution in [0.4, 0.5) is 0 Å². The lowest BCUT2D eigenvalue weighted by molar-refractivity contribution is 0.0455. The van der Waals surface area contributed by atoms with Crippen molar-refractivity contribution in [3.63, 3.8) is 0 Å². The molecule has 0 saturated carbocycles. The molecule has 0 bridgehead atoms. The van der Waals surface area contributed by atoms with Crippen LogP contribution in [0, 0.1) is 6.92 Å². The van der Waals surface area contributed by atoms with Gasteiger partial charge in [0.05, 0.1) is 34.5 Å². The van der Waals surface area contributed by atoms with Crippen LogP contribution in [-0.4, -0.2) is 80.1 Å². The van der Waals surface area contributed by atoms with Crippen molar-refractivity contribution in [2.45, 2.75) is 6.92 Å². The van der Waals surface area contributed by atoms with Crippen molar-refractivity contribution in [2.24, 2.45) is 0 Å². The molecule has 10 nitrogen and oxygen atoms in total. The quantitative estimate of drug-likeness (QED) is 0.310. The van der Waals surface area contributed by atoms with Crippen LogP contribution < -0.4 is 5.32 Å². The van der Waals surface area contributed by atoms with Crippen molar-refractivity contribution in [3.8, 4) is 34.0 Å². The number of aromatic amines is 1. The number of rotatable bonds is 7. The lowest BCUT2D eigenvalue weighted by atomic mass is 10.0. The van der Waals surface area contributed by atoms with Gasteiger partial charge in [0.15, 0.2) is 5.82 Å². The van der Waals surface area contributed by atoms with E-state index in [0.29, 0.717) is 18.0 Å². The molecule has 1 aromatic carbocycles. The second-order valence-electron chi connectivity index (χ2n) is 9.44. The van der Waals surface area contributed by atoms with Gasteiger partial charge in [-0.3, -0.25) is 14.9 Å². The molecular weight excluding hydrogens is 492 g/mol. The number of nitrogens with one attached hydrogen (secondary N) is 2. The molecule has 0 spiro atoms. The molecular formula is C29H28N8O2. The van der Waals surface area contributed by atoms with E-state index in [1.54, 1.807) is 12.5 Å². The summed E-state index contributed by atoms with van der Waals surface area (Å²) in [4.78, 5) is 40.6. The van der Waals surface area contributed by atoms with Gasteiger partial charge in [0.2, 0.25) is 0 Å². The molecule has 4 aromatic heterocycles. The van der Waals surface area contributed by atoms with Gasteiger partial charge in [0, 0.05) is 73.5 Å². The van der Waals surface area contributed by atoms with Gasteiger partial charge in [0.25, 0.3) is 0 Å². The first kappa shape index (κ1) is 24.8. The van der Waals surface area contributed by atoms with E-state index < -0.39 is 5.97 Å². The van der Waals surface area contributed by atoms with E-state index in [4.69, 9.17) is 4.74 Å². The fourth-order valence-corrected chi connectivity index (χ4v) is 4.66. The molecule has 1 saturated heterocycles. The van der Waals surface area contributed by atoms with Crippen LogP contribution in [-0.2, 0) is 4.74 Å². The Hall–Kier alpha value is -4.54. The van der Waals surface area contributed by atoms with E-state index >= 15 is 0 Å². The number of imidazole rings is 1. The topological polar surface area (TPSA) is 122 Å². The summed E-state index contributed by atoms with van der Waals surface area (Å²) < 4.78 is 5.42. The summed E-state index contributed by atoms with van der Waals surface area (Å²) in [6.45, 7) is 6.88. The van der Waals surface area contributed by atoms with Crippen molar-refractivity contribution in [3.05, 3.63) is 78.6 Å². The van der Waals surface area contributed by atoms with E-state index in [2.05, 4.69) is 40.1 Å². The zero-order valence-corrected chi connectivity index (χ0v) is 21.6. The van der Waals surface area contributed by atoms with Crippen LogP contribution in [0.2, 0.25) is 0 Å². The summed E-state index contributed by atoms with van der Waals surface area (Å²) in [5, 5.41) is 4.24. The van der Waals surface area contributed by atoms with E-state index in [0.717, 1.165) is 77.5 Å². The van der Waals surface area contributed by atoms with Gasteiger partial charge in [-0.15, -0.1) is 0 Å². The van der Waals surface area contributed by atoms with Crippen molar-refractivity contribution in [1.82, 2.24) is 40.1 Å². The molecule has 6 rings (SSSR count). The molecule has 1 aliphatic rings. The monoisotopic (exact) mass is 520 g/mol. The van der Waals surface area contributed by atoms with Gasteiger partial charge in [0.1, 0.15) is 6.61 Å². The predicted molar refractivity (Wildman–Crippen MR) is 148 cm³/mol. The van der Waals surface area contributed by atoms with Crippen LogP contribution >= 0.6 is 0 Å². The second kappa shape index (κ2) is 11.1. The van der Waals surface area contributed by atoms with Crippen LogP contribution in [0.1, 0.15) is 16.1 Å². The molecule has 196 valence electrons. The highest BCUT2D eigenvalue weighted by molar-refractivity contribution is 5.90. The molecule has 39 heavy (non-hydrogen) atoms. The largest absolute Gasteiger partial charge is 0.461 e. The summed E-state index contributed by atoms with van der Waals surface area (Å²) in [6.07, 6.45) is 6.42. The Bertz CT molecular complexity index is 1610. The molecule has 0 radical (unpaired) electrons. The molecule has 2 N–H and O–H groups in total. The number of H-pyrrole nitrogens is 1. The van der Waals surface area contributed by atoms with Crippen LogP contribution in [0.5, 0.6) is 0 Å². The highest BCUT2D eigenvalue weighted by atomic mass is 16.5. The number of aryl methyl sites for hydroxylation is 1. The summed E-state index contributed by atoms with van der Waals surface area (Å²) in [6, 6.07) is 13.9. The Labute approximate surface area is 225 Å². The number of aromatic nitrogens is 6. The highest BCUT2D eigenvalue weighted by Crippen LogP contribution is 2.30. The van der Waals surface area contributed by atoms with Gasteiger partial charge < -0.3 is 15.0 Å². The first-order valence-electron chi connectivity index (χ1n) is 12.9. The summed E-state index contributed by atoms with van der Waals surface area (Å²) in [7, 11) is 0. The lowest BCUT2D eigenvalue weighted by Crippen LogP contribution is -2.44. The number of benzene rings is 1. The number of carbonyl (C=O) groups excluding carboxylic acids is 1. The standard InChI is InChI=1S/C29H28N8O2/c1-19-3-2-4-25(36-19)27-26(34-18-35-27)20-5-6-24-21(13-20)14-22(15-31-24)28-32-16-23(17-33-28)29(38)39-12-11-37-9-7-30-8-10-37/h2-6,13-18,30H,7-12H2,1H3,(H,34,35). The van der Waals surface area contributed by atoms with Gasteiger partial charge >= 0.3 is 5.97 Å². The molecule has 0 aliphatic carbocycles. The molecule has 0 amide bonds. The number of piperazine rings is 1. The normalized spacial score (nSPS) is 14.0. The van der Waals surface area contributed by atoms with Crippen molar-refractivity contribution < 1.29 is 9.53 Å². The first-order chi connectivity index (χ1) is 19.1. The van der Waals surface area contributed by atoms with Crippen molar-refractivity contribution >= 4 is 16.9 Å². The molecule has 5 aromatic rings. The number of hydrogen-bond donors (Lipinski definition) is 2. The number of nitrogens with zero attached hydrogens (tertiary/aromatic N) is 6. The Balaban J connectivity index is 1.19. The third kappa shape index (κ3) is 5.52. The Morgan fingerprint density at radius 3 is 2.62 bits per heavy atom. The summed E-state index contributed by atoms with van der Waals surface area (Å²) >= 11 is 0. The minimum atomic E-state index is -0.420. The minimum absolute atomic E-state index is 0.325. The van der Waals surface area contributed by atoms with Gasteiger partial charge in [-0.2, -0.15) is 0 Å². The Kier molecular flexibility index (Phi) is 7.03. The van der Waals surface area contributed by atoms with Crippen LogP contribution in [0.25, 0.3) is 44.9 Å². The average molecular weight is 521 g/mol. The molecule has 0 unspecified atom stereocenters. The Morgan fingerprint density at radius 2 is 1.79 bits per heavy atom. The lowest BCUT2D eigenvalue weighted by Gasteiger charge is -2.26. The predicted octanol–water partition coefficient (Wildman–Crippen LogP) is 3.51. The molecule has 0 atom stereocenters. The van der Waals surface area contributed by atoms with E-state index in [1.165, 1.54) is 12.4 Å². The zero-order valence-electron chi connectivity index (χ0n) is 21.6. The number of ether oxygens (including phenoxy) is 1. The smallest absolute Gasteiger partial charge is 0.341 e. The van der Waals surface area contributed by atoms with Crippen LogP contribution in [0.3, 0.4) is 0 Å². The summed E-state index contributed by atoms with van der Waals surface area (Å²) in [5.74, 6) is 0.0625.